The second-order valence-electron chi connectivity index (χ2n) is 4.50. The molecule has 1 fully saturated rings. The van der Waals surface area contributed by atoms with Crippen molar-refractivity contribution in [3.63, 3.8) is 0 Å². The zero-order valence-electron chi connectivity index (χ0n) is 9.82. The summed E-state index contributed by atoms with van der Waals surface area (Å²) < 4.78 is 0. The SMILES string of the molecule is CCC1CCCN(c2ccncc2CCl)C1. The molecule has 1 aromatic heterocycles. The maximum Gasteiger partial charge on any atom is 0.0509 e. The van der Waals surface area contributed by atoms with Crippen molar-refractivity contribution in [1.82, 2.24) is 4.98 Å². The van der Waals surface area contributed by atoms with Gasteiger partial charge in [0.05, 0.1) is 5.88 Å². The van der Waals surface area contributed by atoms with Gasteiger partial charge in [0, 0.05) is 36.7 Å². The molecule has 2 nitrogen and oxygen atoms in total. The molecule has 1 atom stereocenters. The molecule has 0 amide bonds. The Morgan fingerprint density at radius 3 is 3.19 bits per heavy atom. The van der Waals surface area contributed by atoms with E-state index >= 15 is 0 Å². The third kappa shape index (κ3) is 2.49. The van der Waals surface area contributed by atoms with Crippen LogP contribution in [0.5, 0.6) is 0 Å². The maximum absolute atomic E-state index is 5.95. The molecule has 1 aliphatic rings. The Labute approximate surface area is 103 Å². The van der Waals surface area contributed by atoms with Gasteiger partial charge in [-0.15, -0.1) is 11.6 Å². The molecule has 1 aromatic rings. The number of halogens is 1. The molecule has 2 heterocycles. The summed E-state index contributed by atoms with van der Waals surface area (Å²) in [6.45, 7) is 4.61. The molecule has 0 bridgehead atoms. The first-order valence-corrected chi connectivity index (χ1v) is 6.62. The zero-order chi connectivity index (χ0) is 11.4. The minimum absolute atomic E-state index is 0.552. The topological polar surface area (TPSA) is 16.1 Å². The smallest absolute Gasteiger partial charge is 0.0509 e. The largest absolute Gasteiger partial charge is 0.371 e. The molecule has 1 unspecified atom stereocenters. The number of rotatable bonds is 3. The third-order valence-electron chi connectivity index (χ3n) is 3.46. The van der Waals surface area contributed by atoms with Crippen molar-refractivity contribution < 1.29 is 0 Å². The summed E-state index contributed by atoms with van der Waals surface area (Å²) in [5.74, 6) is 1.39. The van der Waals surface area contributed by atoms with Gasteiger partial charge in [0.25, 0.3) is 0 Å². The van der Waals surface area contributed by atoms with Gasteiger partial charge in [0.1, 0.15) is 0 Å². The van der Waals surface area contributed by atoms with Crippen LogP contribution in [0.15, 0.2) is 18.5 Å². The van der Waals surface area contributed by atoms with Gasteiger partial charge < -0.3 is 4.90 Å². The number of aromatic nitrogens is 1. The van der Waals surface area contributed by atoms with E-state index < -0.39 is 0 Å². The van der Waals surface area contributed by atoms with E-state index in [1.807, 2.05) is 12.4 Å². The van der Waals surface area contributed by atoms with Gasteiger partial charge in [-0.3, -0.25) is 4.98 Å². The van der Waals surface area contributed by atoms with Crippen molar-refractivity contribution in [2.45, 2.75) is 32.1 Å². The van der Waals surface area contributed by atoms with Crippen LogP contribution in [0.3, 0.4) is 0 Å². The number of hydrogen-bond acceptors (Lipinski definition) is 2. The molecular weight excluding hydrogens is 220 g/mol. The van der Waals surface area contributed by atoms with Gasteiger partial charge in [-0.1, -0.05) is 13.3 Å². The van der Waals surface area contributed by atoms with E-state index in [4.69, 9.17) is 11.6 Å². The van der Waals surface area contributed by atoms with E-state index in [1.54, 1.807) is 0 Å². The fourth-order valence-corrected chi connectivity index (χ4v) is 2.65. The van der Waals surface area contributed by atoms with Crippen LogP contribution < -0.4 is 4.90 Å². The van der Waals surface area contributed by atoms with Crippen LogP contribution in [0.4, 0.5) is 5.69 Å². The second-order valence-corrected chi connectivity index (χ2v) is 4.77. The average Bonchev–Trinajstić information content (AvgIpc) is 2.38. The predicted octanol–water partition coefficient (Wildman–Crippen LogP) is 3.45. The summed E-state index contributed by atoms with van der Waals surface area (Å²) in [5, 5.41) is 0. The number of piperidine rings is 1. The van der Waals surface area contributed by atoms with Crippen LogP contribution in [0.1, 0.15) is 31.7 Å². The molecule has 2 rings (SSSR count). The molecule has 0 N–H and O–H groups in total. The van der Waals surface area contributed by atoms with E-state index in [0.717, 1.165) is 18.0 Å². The highest BCUT2D eigenvalue weighted by Crippen LogP contribution is 2.27. The van der Waals surface area contributed by atoms with Gasteiger partial charge in [-0.2, -0.15) is 0 Å². The van der Waals surface area contributed by atoms with Gasteiger partial charge in [-0.05, 0) is 24.8 Å². The summed E-state index contributed by atoms with van der Waals surface area (Å²) in [4.78, 5) is 6.61. The minimum atomic E-state index is 0.552. The Morgan fingerprint density at radius 1 is 1.56 bits per heavy atom. The van der Waals surface area contributed by atoms with E-state index in [-0.39, 0.29) is 0 Å². The summed E-state index contributed by atoms with van der Waals surface area (Å²) in [6.07, 6.45) is 7.69. The molecule has 0 aromatic carbocycles. The number of anilines is 1. The van der Waals surface area contributed by atoms with Crippen molar-refractivity contribution >= 4 is 17.3 Å². The Morgan fingerprint density at radius 2 is 2.44 bits per heavy atom. The lowest BCUT2D eigenvalue weighted by Gasteiger charge is -2.35. The zero-order valence-corrected chi connectivity index (χ0v) is 10.6. The number of hydrogen-bond donors (Lipinski definition) is 0. The summed E-state index contributed by atoms with van der Waals surface area (Å²) in [7, 11) is 0. The van der Waals surface area contributed by atoms with Crippen molar-refractivity contribution in [1.29, 1.82) is 0 Å². The fourth-order valence-electron chi connectivity index (χ4n) is 2.45. The third-order valence-corrected chi connectivity index (χ3v) is 3.75. The molecule has 16 heavy (non-hydrogen) atoms. The van der Waals surface area contributed by atoms with Crippen LogP contribution in [0, 0.1) is 5.92 Å². The molecule has 1 aliphatic heterocycles. The summed E-state index contributed by atoms with van der Waals surface area (Å²) >= 11 is 5.95. The van der Waals surface area contributed by atoms with E-state index in [1.165, 1.54) is 31.5 Å². The average molecular weight is 239 g/mol. The molecule has 1 saturated heterocycles. The van der Waals surface area contributed by atoms with Crippen LogP contribution in [-0.2, 0) is 5.88 Å². The van der Waals surface area contributed by atoms with Gasteiger partial charge >= 0.3 is 0 Å². The molecular formula is C13H19ClN2. The minimum Gasteiger partial charge on any atom is -0.371 e. The lowest BCUT2D eigenvalue weighted by molar-refractivity contribution is 0.404. The van der Waals surface area contributed by atoms with Gasteiger partial charge in [0.15, 0.2) is 0 Å². The van der Waals surface area contributed by atoms with Crippen LogP contribution in [0.25, 0.3) is 0 Å². The highest BCUT2D eigenvalue weighted by atomic mass is 35.5. The molecule has 0 radical (unpaired) electrons. The van der Waals surface area contributed by atoms with E-state index in [0.29, 0.717) is 5.88 Å². The van der Waals surface area contributed by atoms with Crippen LogP contribution in [0.2, 0.25) is 0 Å². The normalized spacial score (nSPS) is 21.1. The lowest BCUT2D eigenvalue weighted by atomic mass is 9.95. The second kappa shape index (κ2) is 5.53. The van der Waals surface area contributed by atoms with E-state index in [2.05, 4.69) is 22.9 Å². The van der Waals surface area contributed by atoms with Crippen molar-refractivity contribution in [2.75, 3.05) is 18.0 Å². The van der Waals surface area contributed by atoms with Crippen molar-refractivity contribution in [3.8, 4) is 0 Å². The first-order chi connectivity index (χ1) is 7.85. The molecule has 0 spiro atoms. The fraction of sp³-hybridized carbons (Fsp3) is 0.615. The highest BCUT2D eigenvalue weighted by molar-refractivity contribution is 6.17. The number of alkyl halides is 1. The van der Waals surface area contributed by atoms with Crippen LogP contribution in [-0.4, -0.2) is 18.1 Å². The predicted molar refractivity (Wildman–Crippen MR) is 69.0 cm³/mol. The monoisotopic (exact) mass is 238 g/mol. The van der Waals surface area contributed by atoms with Crippen molar-refractivity contribution in [2.24, 2.45) is 5.92 Å². The maximum atomic E-state index is 5.95. The Hall–Kier alpha value is -0.760. The van der Waals surface area contributed by atoms with Gasteiger partial charge in [0.2, 0.25) is 0 Å². The molecule has 3 heteroatoms. The van der Waals surface area contributed by atoms with E-state index in [9.17, 15) is 0 Å². The molecule has 0 aliphatic carbocycles. The van der Waals surface area contributed by atoms with Crippen LogP contribution >= 0.6 is 11.6 Å². The Balaban J connectivity index is 2.16. The Kier molecular flexibility index (Phi) is 4.05. The quantitative estimate of drug-likeness (QED) is 0.750. The summed E-state index contributed by atoms with van der Waals surface area (Å²) in [5.41, 5.74) is 2.43. The number of pyridine rings is 1. The lowest BCUT2D eigenvalue weighted by Crippen LogP contribution is -2.35. The highest BCUT2D eigenvalue weighted by Gasteiger charge is 2.20. The van der Waals surface area contributed by atoms with Crippen molar-refractivity contribution in [3.05, 3.63) is 24.0 Å². The molecule has 0 saturated carbocycles. The first-order valence-electron chi connectivity index (χ1n) is 6.09. The molecule has 88 valence electrons. The first kappa shape index (κ1) is 11.7. The Bertz CT molecular complexity index is 340. The number of nitrogens with zero attached hydrogens (tertiary/aromatic N) is 2. The summed E-state index contributed by atoms with van der Waals surface area (Å²) in [6, 6.07) is 2.09. The standard InChI is InChI=1S/C13H19ClN2/c1-2-11-4-3-7-16(10-11)13-5-6-15-9-12(13)8-14/h5-6,9,11H,2-4,7-8,10H2,1H3. The van der Waals surface area contributed by atoms with Gasteiger partial charge in [-0.25, -0.2) is 0 Å².